The van der Waals surface area contributed by atoms with Crippen LogP contribution in [0.25, 0.3) is 0 Å². The van der Waals surface area contributed by atoms with Crippen molar-refractivity contribution in [2.45, 2.75) is 25.7 Å². The van der Waals surface area contributed by atoms with Gasteiger partial charge in [-0.05, 0) is 29.2 Å². The molecular weight excluding hydrogens is 376 g/mol. The van der Waals surface area contributed by atoms with Gasteiger partial charge in [-0.1, -0.05) is 85.8 Å². The Hall–Kier alpha value is -3.60. The van der Waals surface area contributed by atoms with E-state index in [1.54, 1.807) is 0 Å². The fourth-order valence-corrected chi connectivity index (χ4v) is 3.29. The van der Waals surface area contributed by atoms with E-state index in [0.29, 0.717) is 5.75 Å². The molecule has 2 amide bonds. The number of amides is 2. The van der Waals surface area contributed by atoms with Gasteiger partial charge < -0.3 is 4.74 Å². The summed E-state index contributed by atoms with van der Waals surface area (Å²) >= 11 is 0. The molecule has 3 aromatic carbocycles. The molecule has 5 nitrogen and oxygen atoms in total. The summed E-state index contributed by atoms with van der Waals surface area (Å²) in [6.45, 7) is 1.86. The van der Waals surface area contributed by atoms with Crippen molar-refractivity contribution >= 4 is 11.8 Å². The van der Waals surface area contributed by atoms with Crippen LogP contribution in [0.2, 0.25) is 0 Å². The molecule has 30 heavy (non-hydrogen) atoms. The number of benzene rings is 3. The molecule has 0 aliphatic heterocycles. The third-order valence-electron chi connectivity index (χ3n) is 4.85. The molecule has 0 aliphatic rings. The first-order valence-electron chi connectivity index (χ1n) is 10.1. The fourth-order valence-electron chi connectivity index (χ4n) is 3.29. The van der Waals surface area contributed by atoms with E-state index in [-0.39, 0.29) is 24.9 Å². The number of hydrogen-bond acceptors (Lipinski definition) is 3. The standard InChI is InChI=1S/C25H26N2O3/c1-2-19-11-9-10-16-23(19)30-18-25(29)27-26-24(28)17-22(20-12-5-3-6-13-20)21-14-7-4-8-15-21/h3-16,22H,2,17-18H2,1H3,(H,26,28)(H,27,29). The normalized spacial score (nSPS) is 10.5. The number of para-hydroxylation sites is 1. The second kappa shape index (κ2) is 10.8. The van der Waals surface area contributed by atoms with Gasteiger partial charge >= 0.3 is 0 Å². The van der Waals surface area contributed by atoms with Crippen LogP contribution in [-0.4, -0.2) is 18.4 Å². The van der Waals surface area contributed by atoms with Crippen LogP contribution in [0, 0.1) is 0 Å². The van der Waals surface area contributed by atoms with Gasteiger partial charge in [0, 0.05) is 12.3 Å². The molecular formula is C25H26N2O3. The Labute approximate surface area is 177 Å². The molecule has 0 heterocycles. The fraction of sp³-hybridized carbons (Fsp3) is 0.200. The second-order valence-electron chi connectivity index (χ2n) is 6.92. The third-order valence-corrected chi connectivity index (χ3v) is 4.85. The smallest absolute Gasteiger partial charge is 0.276 e. The summed E-state index contributed by atoms with van der Waals surface area (Å²) in [6, 6.07) is 27.3. The summed E-state index contributed by atoms with van der Waals surface area (Å²) in [4.78, 5) is 24.6. The van der Waals surface area contributed by atoms with Crippen LogP contribution < -0.4 is 15.6 Å². The van der Waals surface area contributed by atoms with E-state index in [2.05, 4.69) is 10.9 Å². The molecule has 0 unspecified atom stereocenters. The number of rotatable bonds is 8. The van der Waals surface area contributed by atoms with Gasteiger partial charge in [0.05, 0.1) is 0 Å². The number of ether oxygens (including phenoxy) is 1. The van der Waals surface area contributed by atoms with Gasteiger partial charge in [-0.15, -0.1) is 0 Å². The van der Waals surface area contributed by atoms with Crippen molar-refractivity contribution in [1.82, 2.24) is 10.9 Å². The monoisotopic (exact) mass is 402 g/mol. The van der Waals surface area contributed by atoms with E-state index in [1.807, 2.05) is 91.9 Å². The van der Waals surface area contributed by atoms with Crippen molar-refractivity contribution in [1.29, 1.82) is 0 Å². The van der Waals surface area contributed by atoms with Gasteiger partial charge in [0.25, 0.3) is 5.91 Å². The lowest BCUT2D eigenvalue weighted by Gasteiger charge is -2.18. The number of carbonyl (C=O) groups is 2. The highest BCUT2D eigenvalue weighted by Gasteiger charge is 2.18. The van der Waals surface area contributed by atoms with E-state index >= 15 is 0 Å². The van der Waals surface area contributed by atoms with Crippen LogP contribution in [-0.2, 0) is 16.0 Å². The van der Waals surface area contributed by atoms with Crippen LogP contribution in [0.5, 0.6) is 5.75 Å². The first-order chi connectivity index (χ1) is 14.7. The van der Waals surface area contributed by atoms with E-state index in [0.717, 1.165) is 23.1 Å². The molecule has 0 saturated carbocycles. The Morgan fingerprint density at radius 2 is 1.30 bits per heavy atom. The second-order valence-corrected chi connectivity index (χ2v) is 6.92. The lowest BCUT2D eigenvalue weighted by molar-refractivity contribution is -0.130. The number of hydrazine groups is 1. The number of carbonyl (C=O) groups excluding carboxylic acids is 2. The zero-order chi connectivity index (χ0) is 21.2. The maximum atomic E-state index is 12.5. The van der Waals surface area contributed by atoms with Crippen LogP contribution in [0.1, 0.15) is 36.0 Å². The highest BCUT2D eigenvalue weighted by Crippen LogP contribution is 2.27. The Balaban J connectivity index is 1.55. The number of hydrogen-bond donors (Lipinski definition) is 2. The molecule has 0 spiro atoms. The molecule has 5 heteroatoms. The van der Waals surface area contributed by atoms with Crippen LogP contribution in [0.15, 0.2) is 84.9 Å². The molecule has 0 bridgehead atoms. The van der Waals surface area contributed by atoms with Gasteiger partial charge in [-0.25, -0.2) is 0 Å². The minimum atomic E-state index is -0.412. The first kappa shape index (κ1) is 21.1. The third kappa shape index (κ3) is 5.95. The van der Waals surface area contributed by atoms with Crippen molar-refractivity contribution in [3.8, 4) is 5.75 Å². The maximum Gasteiger partial charge on any atom is 0.276 e. The van der Waals surface area contributed by atoms with Crippen LogP contribution in [0.4, 0.5) is 0 Å². The van der Waals surface area contributed by atoms with Crippen LogP contribution in [0.3, 0.4) is 0 Å². The lowest BCUT2D eigenvalue weighted by Crippen LogP contribution is -2.44. The first-order valence-corrected chi connectivity index (χ1v) is 10.1. The lowest BCUT2D eigenvalue weighted by atomic mass is 9.88. The zero-order valence-corrected chi connectivity index (χ0v) is 17.0. The van der Waals surface area contributed by atoms with E-state index in [4.69, 9.17) is 4.74 Å². The van der Waals surface area contributed by atoms with E-state index < -0.39 is 5.91 Å². The molecule has 0 aromatic heterocycles. The Morgan fingerprint density at radius 3 is 1.90 bits per heavy atom. The molecule has 0 aliphatic carbocycles. The molecule has 3 aromatic rings. The minimum absolute atomic E-state index is 0.100. The van der Waals surface area contributed by atoms with E-state index in [1.165, 1.54) is 0 Å². The zero-order valence-electron chi connectivity index (χ0n) is 17.0. The quantitative estimate of drug-likeness (QED) is 0.560. The van der Waals surface area contributed by atoms with Crippen molar-refractivity contribution in [3.63, 3.8) is 0 Å². The molecule has 3 rings (SSSR count). The maximum absolute atomic E-state index is 12.5. The largest absolute Gasteiger partial charge is 0.483 e. The average molecular weight is 402 g/mol. The summed E-state index contributed by atoms with van der Waals surface area (Å²) < 4.78 is 5.58. The van der Waals surface area contributed by atoms with Gasteiger partial charge in [0.15, 0.2) is 6.61 Å². The Bertz CT molecular complexity index is 919. The van der Waals surface area contributed by atoms with Gasteiger partial charge in [-0.3, -0.25) is 20.4 Å². The molecule has 2 N–H and O–H groups in total. The van der Waals surface area contributed by atoms with Crippen molar-refractivity contribution in [2.24, 2.45) is 0 Å². The molecule has 0 atom stereocenters. The van der Waals surface area contributed by atoms with Gasteiger partial charge in [0.1, 0.15) is 5.75 Å². The predicted molar refractivity (Wildman–Crippen MR) is 117 cm³/mol. The summed E-state index contributed by atoms with van der Waals surface area (Å²) in [6.07, 6.45) is 1.03. The highest BCUT2D eigenvalue weighted by atomic mass is 16.5. The molecule has 154 valence electrons. The summed E-state index contributed by atoms with van der Waals surface area (Å²) in [5, 5.41) is 0. The SMILES string of the molecule is CCc1ccccc1OCC(=O)NNC(=O)CC(c1ccccc1)c1ccccc1. The highest BCUT2D eigenvalue weighted by molar-refractivity contribution is 5.83. The topological polar surface area (TPSA) is 67.4 Å². The molecule has 0 radical (unpaired) electrons. The van der Waals surface area contributed by atoms with Crippen molar-refractivity contribution in [2.75, 3.05) is 6.61 Å². The molecule has 0 saturated heterocycles. The number of nitrogens with one attached hydrogen (secondary N) is 2. The van der Waals surface area contributed by atoms with E-state index in [9.17, 15) is 9.59 Å². The summed E-state index contributed by atoms with van der Waals surface area (Å²) in [5.41, 5.74) is 8.06. The van der Waals surface area contributed by atoms with Gasteiger partial charge in [-0.2, -0.15) is 0 Å². The summed E-state index contributed by atoms with van der Waals surface area (Å²) in [5.74, 6) is -0.105. The Kier molecular flexibility index (Phi) is 7.61. The average Bonchev–Trinajstić information content (AvgIpc) is 2.81. The minimum Gasteiger partial charge on any atom is -0.483 e. The molecule has 0 fully saturated rings. The Morgan fingerprint density at radius 1 is 0.767 bits per heavy atom. The van der Waals surface area contributed by atoms with Gasteiger partial charge in [0.2, 0.25) is 5.91 Å². The van der Waals surface area contributed by atoms with Crippen molar-refractivity contribution < 1.29 is 14.3 Å². The predicted octanol–water partition coefficient (Wildman–Crippen LogP) is 4.00. The number of aryl methyl sites for hydroxylation is 1. The van der Waals surface area contributed by atoms with Crippen LogP contribution >= 0.6 is 0 Å². The summed E-state index contributed by atoms with van der Waals surface area (Å²) in [7, 11) is 0. The van der Waals surface area contributed by atoms with Crippen molar-refractivity contribution in [3.05, 3.63) is 102 Å².